The van der Waals surface area contributed by atoms with Crippen molar-refractivity contribution < 1.29 is 4.79 Å². The smallest absolute Gasteiger partial charge is 0.253 e. The molecule has 2 aliphatic rings. The van der Waals surface area contributed by atoms with E-state index in [1.807, 2.05) is 24.4 Å². The number of pyridine rings is 1. The van der Waals surface area contributed by atoms with Gasteiger partial charge in [0.15, 0.2) is 0 Å². The number of carbonyl (C=O) groups is 1. The molecule has 3 atom stereocenters. The summed E-state index contributed by atoms with van der Waals surface area (Å²) < 4.78 is 0. The van der Waals surface area contributed by atoms with Gasteiger partial charge in [-0.15, -0.1) is 0 Å². The Labute approximate surface area is 148 Å². The predicted molar refractivity (Wildman–Crippen MR) is 99.7 cm³/mol. The lowest BCUT2D eigenvalue weighted by Gasteiger charge is -2.38. The van der Waals surface area contributed by atoms with Crippen molar-refractivity contribution in [3.05, 3.63) is 71.6 Å². The number of benzene rings is 1. The third-order valence-corrected chi connectivity index (χ3v) is 5.22. The molecule has 4 heteroatoms. The van der Waals surface area contributed by atoms with Crippen LogP contribution in [0.1, 0.15) is 53.2 Å². The Morgan fingerprint density at radius 3 is 3.04 bits per heavy atom. The van der Waals surface area contributed by atoms with Gasteiger partial charge >= 0.3 is 0 Å². The molecule has 0 saturated carbocycles. The van der Waals surface area contributed by atoms with E-state index in [-0.39, 0.29) is 11.9 Å². The molecular formula is C21H23N3O. The van der Waals surface area contributed by atoms with Crippen LogP contribution in [-0.4, -0.2) is 17.4 Å². The van der Waals surface area contributed by atoms with Gasteiger partial charge in [-0.05, 0) is 42.0 Å². The number of rotatable bonds is 4. The Bertz CT molecular complexity index is 800. The van der Waals surface area contributed by atoms with Crippen molar-refractivity contribution in [3.8, 4) is 0 Å². The maximum atomic E-state index is 12.6. The lowest BCUT2D eigenvalue weighted by Crippen LogP contribution is -2.32. The molecular weight excluding hydrogens is 310 g/mol. The van der Waals surface area contributed by atoms with Crippen molar-refractivity contribution in [2.24, 2.45) is 5.92 Å². The highest BCUT2D eigenvalue weighted by Gasteiger charge is 2.39. The number of nitrogens with zero attached hydrogens (tertiary/aromatic N) is 1. The van der Waals surface area contributed by atoms with Crippen LogP contribution < -0.4 is 10.6 Å². The van der Waals surface area contributed by atoms with Crippen LogP contribution >= 0.6 is 0 Å². The number of hydrogen-bond donors (Lipinski definition) is 2. The van der Waals surface area contributed by atoms with Gasteiger partial charge in [0, 0.05) is 24.9 Å². The van der Waals surface area contributed by atoms with Crippen LogP contribution in [0.15, 0.2) is 54.9 Å². The van der Waals surface area contributed by atoms with E-state index < -0.39 is 0 Å². The van der Waals surface area contributed by atoms with E-state index in [0.29, 0.717) is 18.4 Å². The molecule has 3 unspecified atom stereocenters. The summed E-state index contributed by atoms with van der Waals surface area (Å²) in [6.45, 7) is 2.76. The zero-order valence-corrected chi connectivity index (χ0v) is 14.4. The van der Waals surface area contributed by atoms with E-state index in [2.05, 4.69) is 46.8 Å². The first kappa shape index (κ1) is 15.9. The van der Waals surface area contributed by atoms with Gasteiger partial charge in [-0.25, -0.2) is 0 Å². The topological polar surface area (TPSA) is 54.0 Å². The normalized spacial score (nSPS) is 23.5. The Hall–Kier alpha value is -2.62. The Kier molecular flexibility index (Phi) is 4.26. The summed E-state index contributed by atoms with van der Waals surface area (Å²) in [4.78, 5) is 16.9. The Morgan fingerprint density at radius 2 is 2.24 bits per heavy atom. The zero-order chi connectivity index (χ0) is 17.2. The van der Waals surface area contributed by atoms with Gasteiger partial charge in [-0.3, -0.25) is 9.78 Å². The summed E-state index contributed by atoms with van der Waals surface area (Å²) in [7, 11) is 0. The predicted octanol–water partition coefficient (Wildman–Crippen LogP) is 4.05. The summed E-state index contributed by atoms with van der Waals surface area (Å²) in [6.07, 6.45) is 10.3. The summed E-state index contributed by atoms with van der Waals surface area (Å²) in [5.41, 5.74) is 4.11. The third kappa shape index (κ3) is 2.82. The minimum absolute atomic E-state index is 0.00318. The molecule has 25 heavy (non-hydrogen) atoms. The van der Waals surface area contributed by atoms with Crippen molar-refractivity contribution in [3.63, 3.8) is 0 Å². The Morgan fingerprint density at radius 1 is 1.32 bits per heavy atom. The van der Waals surface area contributed by atoms with Crippen molar-refractivity contribution in [2.75, 3.05) is 11.9 Å². The lowest BCUT2D eigenvalue weighted by atomic mass is 9.76. The van der Waals surface area contributed by atoms with Crippen LogP contribution in [0.5, 0.6) is 0 Å². The SMILES string of the molecule is CCCNC(=O)c1cccc2c1NC(c1cccnc1)C1CC=CC21. The maximum Gasteiger partial charge on any atom is 0.253 e. The van der Waals surface area contributed by atoms with Crippen molar-refractivity contribution in [1.29, 1.82) is 0 Å². The van der Waals surface area contributed by atoms with Crippen LogP contribution in [-0.2, 0) is 0 Å². The van der Waals surface area contributed by atoms with E-state index in [4.69, 9.17) is 0 Å². The van der Waals surface area contributed by atoms with Gasteiger partial charge in [0.05, 0.1) is 17.3 Å². The van der Waals surface area contributed by atoms with Crippen molar-refractivity contribution in [1.82, 2.24) is 10.3 Å². The number of nitrogens with one attached hydrogen (secondary N) is 2. The third-order valence-electron chi connectivity index (χ3n) is 5.22. The number of amides is 1. The average Bonchev–Trinajstić information content (AvgIpc) is 3.15. The zero-order valence-electron chi connectivity index (χ0n) is 14.4. The molecule has 4 nitrogen and oxygen atoms in total. The first-order chi connectivity index (χ1) is 12.3. The van der Waals surface area contributed by atoms with Gasteiger partial charge in [-0.1, -0.05) is 37.3 Å². The number of aromatic nitrogens is 1. The molecule has 1 aromatic heterocycles. The van der Waals surface area contributed by atoms with Crippen LogP contribution in [0.2, 0.25) is 0 Å². The second-order valence-corrected chi connectivity index (χ2v) is 6.79. The largest absolute Gasteiger partial charge is 0.377 e. The highest BCUT2D eigenvalue weighted by Crippen LogP contribution is 2.50. The number of hydrogen-bond acceptors (Lipinski definition) is 3. The second-order valence-electron chi connectivity index (χ2n) is 6.79. The monoisotopic (exact) mass is 333 g/mol. The molecule has 4 rings (SSSR count). The van der Waals surface area contributed by atoms with Crippen molar-refractivity contribution in [2.45, 2.75) is 31.7 Å². The number of anilines is 1. The number of allylic oxidation sites excluding steroid dienone is 2. The van der Waals surface area contributed by atoms with E-state index in [1.54, 1.807) is 6.20 Å². The van der Waals surface area contributed by atoms with Gasteiger partial charge in [0.1, 0.15) is 0 Å². The summed E-state index contributed by atoms with van der Waals surface area (Å²) in [5, 5.41) is 6.67. The molecule has 2 heterocycles. The second kappa shape index (κ2) is 6.71. The van der Waals surface area contributed by atoms with Crippen LogP contribution in [0.4, 0.5) is 5.69 Å². The van der Waals surface area contributed by atoms with Crippen LogP contribution in [0.25, 0.3) is 0 Å². The fraction of sp³-hybridized carbons (Fsp3) is 0.333. The minimum Gasteiger partial charge on any atom is -0.377 e. The van der Waals surface area contributed by atoms with E-state index in [0.717, 1.165) is 24.1 Å². The van der Waals surface area contributed by atoms with Gasteiger partial charge in [0.2, 0.25) is 0 Å². The lowest BCUT2D eigenvalue weighted by molar-refractivity contribution is 0.0954. The molecule has 1 aliphatic heterocycles. The quantitative estimate of drug-likeness (QED) is 0.830. The van der Waals surface area contributed by atoms with E-state index in [1.165, 1.54) is 11.1 Å². The number of para-hydroxylation sites is 1. The van der Waals surface area contributed by atoms with Gasteiger partial charge in [0.25, 0.3) is 5.91 Å². The van der Waals surface area contributed by atoms with Crippen LogP contribution in [0, 0.1) is 5.92 Å². The van der Waals surface area contributed by atoms with Crippen molar-refractivity contribution >= 4 is 11.6 Å². The highest BCUT2D eigenvalue weighted by atomic mass is 16.1. The molecule has 0 bridgehead atoms. The fourth-order valence-corrected chi connectivity index (χ4v) is 4.03. The first-order valence-corrected chi connectivity index (χ1v) is 9.04. The molecule has 0 radical (unpaired) electrons. The molecule has 1 amide bonds. The maximum absolute atomic E-state index is 12.6. The van der Waals surface area contributed by atoms with E-state index in [9.17, 15) is 4.79 Å². The molecule has 0 saturated heterocycles. The Balaban J connectivity index is 1.75. The summed E-state index contributed by atoms with van der Waals surface area (Å²) in [6, 6.07) is 10.3. The molecule has 1 aliphatic carbocycles. The standard InChI is InChI=1S/C21H23N3O/c1-2-11-23-21(25)18-10-4-9-17-15-7-3-8-16(15)19(24-20(17)18)14-6-5-12-22-13-14/h3-7,9-10,12-13,15-16,19,24H,2,8,11H2,1H3,(H,23,25). The molecule has 128 valence electrons. The molecule has 2 N–H and O–H groups in total. The van der Waals surface area contributed by atoms with Gasteiger partial charge in [-0.2, -0.15) is 0 Å². The molecule has 0 spiro atoms. The van der Waals surface area contributed by atoms with Gasteiger partial charge < -0.3 is 10.6 Å². The number of carbonyl (C=O) groups excluding carboxylic acids is 1. The number of fused-ring (bicyclic) bond motifs is 3. The fourth-order valence-electron chi connectivity index (χ4n) is 4.03. The van der Waals surface area contributed by atoms with Crippen LogP contribution in [0.3, 0.4) is 0 Å². The first-order valence-electron chi connectivity index (χ1n) is 9.04. The molecule has 1 aromatic carbocycles. The summed E-state index contributed by atoms with van der Waals surface area (Å²) in [5.74, 6) is 0.808. The van der Waals surface area contributed by atoms with E-state index >= 15 is 0 Å². The minimum atomic E-state index is -0.00318. The average molecular weight is 333 g/mol. The highest BCUT2D eigenvalue weighted by molar-refractivity contribution is 6.00. The summed E-state index contributed by atoms with van der Waals surface area (Å²) >= 11 is 0. The molecule has 2 aromatic rings. The molecule has 0 fully saturated rings.